The number of methoxy groups -OCH3 is 1. The van der Waals surface area contributed by atoms with Gasteiger partial charge in [0.1, 0.15) is 11.5 Å². The first-order valence-electron chi connectivity index (χ1n) is 8.84. The van der Waals surface area contributed by atoms with Crippen molar-refractivity contribution in [1.82, 2.24) is 0 Å². The predicted molar refractivity (Wildman–Crippen MR) is 109 cm³/mol. The average Bonchev–Trinajstić information content (AvgIpc) is 3.10. The van der Waals surface area contributed by atoms with Gasteiger partial charge in [-0.3, -0.25) is 0 Å². The maximum atomic E-state index is 10.9. The molecule has 0 fully saturated rings. The summed E-state index contributed by atoms with van der Waals surface area (Å²) in [5.74, 6) is 0.923. The van der Waals surface area contributed by atoms with Crippen molar-refractivity contribution in [1.29, 1.82) is 0 Å². The Balaban J connectivity index is 0.000000230. The van der Waals surface area contributed by atoms with Crippen LogP contribution in [0.15, 0.2) is 54.6 Å². The Hall–Kier alpha value is -2.88. The lowest BCUT2D eigenvalue weighted by Gasteiger charge is -1.99. The van der Waals surface area contributed by atoms with Gasteiger partial charge in [0.25, 0.3) is 0 Å². The molecule has 2 aromatic rings. The Morgan fingerprint density at radius 2 is 1.67 bits per heavy atom. The van der Waals surface area contributed by atoms with E-state index in [0.717, 1.165) is 29.9 Å². The molecule has 0 aromatic heterocycles. The number of ketones is 1. The molecule has 27 heavy (non-hydrogen) atoms. The summed E-state index contributed by atoms with van der Waals surface area (Å²) in [4.78, 5) is 20.3. The predicted octanol–water partition coefficient (Wildman–Crippen LogP) is 4.79. The highest BCUT2D eigenvalue weighted by Crippen LogP contribution is 2.25. The third-order valence-corrected chi connectivity index (χ3v) is 3.61. The van der Waals surface area contributed by atoms with Gasteiger partial charge >= 0.3 is 5.97 Å². The van der Waals surface area contributed by atoms with Crippen molar-refractivity contribution in [2.75, 3.05) is 13.7 Å². The number of fused-ring (bicyclic) bond motifs is 1. The maximum Gasteiger partial charge on any atom is 0.330 e. The molecule has 4 heteroatoms. The van der Waals surface area contributed by atoms with Crippen LogP contribution in [0.2, 0.25) is 0 Å². The number of esters is 1. The molecule has 0 unspecified atom stereocenters. The molecule has 0 aliphatic carbocycles. The second kappa shape index (κ2) is 11.7. The molecule has 0 spiro atoms. The van der Waals surface area contributed by atoms with Gasteiger partial charge in [-0.25, -0.2) is 4.79 Å². The van der Waals surface area contributed by atoms with Crippen LogP contribution in [0.1, 0.15) is 37.5 Å². The van der Waals surface area contributed by atoms with Crippen LogP contribution in [-0.2, 0) is 20.7 Å². The standard InChI is InChI=1S/C11H12O2.C9H10O.C3H6O/c1-9(8-11(12)13-2)10-6-4-3-5-7-10;1-7-2-3-9-8(6-7)4-5-10-9;1-3(2)4/h3-8H,1-2H3;2-3,6H,4-5H2,1H3;1-2H3/b9-8+;;. The van der Waals surface area contributed by atoms with Crippen LogP contribution in [-0.4, -0.2) is 25.5 Å². The van der Waals surface area contributed by atoms with Gasteiger partial charge in [0, 0.05) is 12.5 Å². The van der Waals surface area contributed by atoms with E-state index in [-0.39, 0.29) is 11.8 Å². The fourth-order valence-electron chi connectivity index (χ4n) is 2.34. The molecule has 3 rings (SSSR count). The van der Waals surface area contributed by atoms with Crippen molar-refractivity contribution >= 4 is 17.3 Å². The first-order valence-corrected chi connectivity index (χ1v) is 8.84. The highest BCUT2D eigenvalue weighted by molar-refractivity contribution is 5.90. The van der Waals surface area contributed by atoms with E-state index in [2.05, 4.69) is 29.9 Å². The summed E-state index contributed by atoms with van der Waals surface area (Å²) in [6, 6.07) is 16.1. The molecule has 0 bridgehead atoms. The lowest BCUT2D eigenvalue weighted by atomic mass is 10.1. The zero-order valence-corrected chi connectivity index (χ0v) is 16.7. The van der Waals surface area contributed by atoms with Crippen molar-refractivity contribution in [3.63, 3.8) is 0 Å². The number of rotatable bonds is 2. The van der Waals surface area contributed by atoms with E-state index < -0.39 is 0 Å². The number of carbonyl (C=O) groups is 2. The lowest BCUT2D eigenvalue weighted by Crippen LogP contribution is -1.95. The summed E-state index contributed by atoms with van der Waals surface area (Å²) in [6.07, 6.45) is 2.56. The molecule has 0 saturated carbocycles. The summed E-state index contributed by atoms with van der Waals surface area (Å²) >= 11 is 0. The van der Waals surface area contributed by atoms with Gasteiger partial charge in [0.05, 0.1) is 13.7 Å². The number of hydrogen-bond donors (Lipinski definition) is 0. The fourth-order valence-corrected chi connectivity index (χ4v) is 2.34. The summed E-state index contributed by atoms with van der Waals surface area (Å²) in [5.41, 5.74) is 4.63. The minimum Gasteiger partial charge on any atom is -0.493 e. The van der Waals surface area contributed by atoms with Crippen LogP contribution in [0.25, 0.3) is 5.57 Å². The third-order valence-electron chi connectivity index (χ3n) is 3.61. The van der Waals surface area contributed by atoms with Crippen LogP contribution >= 0.6 is 0 Å². The number of hydrogen-bond acceptors (Lipinski definition) is 4. The molecule has 2 aromatic carbocycles. The summed E-state index contributed by atoms with van der Waals surface area (Å²) in [7, 11) is 1.37. The molecular formula is C23H28O4. The van der Waals surface area contributed by atoms with Crippen molar-refractivity contribution in [3.8, 4) is 5.75 Å². The first-order chi connectivity index (χ1) is 12.8. The number of aryl methyl sites for hydroxylation is 1. The van der Waals surface area contributed by atoms with Crippen LogP contribution in [0.4, 0.5) is 0 Å². The van der Waals surface area contributed by atoms with E-state index in [9.17, 15) is 9.59 Å². The van der Waals surface area contributed by atoms with Gasteiger partial charge in [-0.1, -0.05) is 48.0 Å². The minimum absolute atomic E-state index is 0.167. The van der Waals surface area contributed by atoms with Gasteiger partial charge in [0.15, 0.2) is 0 Å². The smallest absolute Gasteiger partial charge is 0.330 e. The second-order valence-corrected chi connectivity index (χ2v) is 6.33. The molecule has 0 N–H and O–H groups in total. The van der Waals surface area contributed by atoms with E-state index in [0.29, 0.717) is 0 Å². The Bertz CT molecular complexity index is 772. The molecular weight excluding hydrogens is 340 g/mol. The zero-order chi connectivity index (χ0) is 20.2. The highest BCUT2D eigenvalue weighted by atomic mass is 16.5. The first kappa shape index (κ1) is 22.2. The van der Waals surface area contributed by atoms with Crippen LogP contribution < -0.4 is 4.74 Å². The van der Waals surface area contributed by atoms with Crippen molar-refractivity contribution in [2.45, 2.75) is 34.1 Å². The molecule has 0 amide bonds. The molecule has 1 aliphatic heterocycles. The number of benzene rings is 2. The second-order valence-electron chi connectivity index (χ2n) is 6.33. The monoisotopic (exact) mass is 368 g/mol. The Morgan fingerprint density at radius 3 is 2.26 bits per heavy atom. The summed E-state index contributed by atoms with van der Waals surface area (Å²) in [6.45, 7) is 7.91. The van der Waals surface area contributed by atoms with Crippen molar-refractivity contribution in [3.05, 3.63) is 71.3 Å². The SMILES string of the molecule is CC(C)=O.COC(=O)/C=C(\C)c1ccccc1.Cc1ccc2c(c1)CCO2. The third kappa shape index (κ3) is 8.86. The van der Waals surface area contributed by atoms with E-state index in [1.807, 2.05) is 37.3 Å². The Morgan fingerprint density at radius 1 is 1.04 bits per heavy atom. The highest BCUT2D eigenvalue weighted by Gasteiger charge is 2.10. The van der Waals surface area contributed by atoms with Crippen molar-refractivity contribution < 1.29 is 19.1 Å². The lowest BCUT2D eigenvalue weighted by molar-refractivity contribution is -0.134. The summed E-state index contributed by atoms with van der Waals surface area (Å²) in [5, 5.41) is 0. The molecule has 144 valence electrons. The van der Waals surface area contributed by atoms with E-state index in [1.165, 1.54) is 38.2 Å². The van der Waals surface area contributed by atoms with E-state index >= 15 is 0 Å². The minimum atomic E-state index is -0.318. The molecule has 1 heterocycles. The Kier molecular flexibility index (Phi) is 9.59. The van der Waals surface area contributed by atoms with E-state index in [1.54, 1.807) is 0 Å². The fraction of sp³-hybridized carbons (Fsp3) is 0.304. The number of carbonyl (C=O) groups excluding carboxylic acids is 2. The normalized spacial score (nSPS) is 11.7. The van der Waals surface area contributed by atoms with Crippen molar-refractivity contribution in [2.24, 2.45) is 0 Å². The zero-order valence-electron chi connectivity index (χ0n) is 16.7. The number of ether oxygens (including phenoxy) is 2. The summed E-state index contributed by atoms with van der Waals surface area (Å²) < 4.78 is 9.88. The van der Waals surface area contributed by atoms with Gasteiger partial charge in [-0.05, 0) is 50.5 Å². The van der Waals surface area contributed by atoms with Crippen LogP contribution in [0, 0.1) is 6.92 Å². The Labute approximate surface area is 161 Å². The van der Waals surface area contributed by atoms with Gasteiger partial charge in [-0.15, -0.1) is 0 Å². The van der Waals surface area contributed by atoms with Crippen LogP contribution in [0.5, 0.6) is 5.75 Å². The average molecular weight is 368 g/mol. The topological polar surface area (TPSA) is 52.6 Å². The molecule has 0 radical (unpaired) electrons. The van der Waals surface area contributed by atoms with Gasteiger partial charge in [0.2, 0.25) is 0 Å². The largest absolute Gasteiger partial charge is 0.493 e. The number of Topliss-reactive ketones (excluding diaryl/α,β-unsaturated/α-hetero) is 1. The van der Waals surface area contributed by atoms with Crippen LogP contribution in [0.3, 0.4) is 0 Å². The maximum absolute atomic E-state index is 10.9. The van der Waals surface area contributed by atoms with E-state index in [4.69, 9.17) is 4.74 Å². The molecule has 1 aliphatic rings. The molecule has 0 atom stereocenters. The van der Waals surface area contributed by atoms with Gasteiger partial charge < -0.3 is 14.3 Å². The molecule has 0 saturated heterocycles. The quantitative estimate of drug-likeness (QED) is 0.565. The molecule has 4 nitrogen and oxygen atoms in total. The number of allylic oxidation sites excluding steroid dienone is 1. The van der Waals surface area contributed by atoms with Gasteiger partial charge in [-0.2, -0.15) is 0 Å².